The predicted octanol–water partition coefficient (Wildman–Crippen LogP) is 2.89. The zero-order chi connectivity index (χ0) is 11.4. The molecule has 1 aliphatic rings. The fourth-order valence-corrected chi connectivity index (χ4v) is 1.50. The van der Waals surface area contributed by atoms with Crippen molar-refractivity contribution in [3.8, 4) is 5.75 Å². The third-order valence-electron chi connectivity index (χ3n) is 2.56. The van der Waals surface area contributed by atoms with Crippen LogP contribution in [0.2, 0.25) is 0 Å². The standard InChI is InChI=1S/C14H19NO/c1-11(2)10-16-14-5-3-4-12(8-14)9-15-13-6-7-13/h3-5,8,13,15H,1,6-7,9-10H2,2H3. The highest BCUT2D eigenvalue weighted by Gasteiger charge is 2.19. The van der Waals surface area contributed by atoms with Gasteiger partial charge in [0, 0.05) is 12.6 Å². The van der Waals surface area contributed by atoms with Crippen molar-refractivity contribution in [2.24, 2.45) is 0 Å². The van der Waals surface area contributed by atoms with Crippen LogP contribution in [0.3, 0.4) is 0 Å². The Labute approximate surface area is 97.3 Å². The third kappa shape index (κ3) is 3.70. The van der Waals surface area contributed by atoms with Crippen LogP contribution in [0.25, 0.3) is 0 Å². The van der Waals surface area contributed by atoms with E-state index in [-0.39, 0.29) is 0 Å². The molecule has 1 aromatic carbocycles. The number of rotatable bonds is 6. The van der Waals surface area contributed by atoms with Crippen molar-refractivity contribution >= 4 is 0 Å². The summed E-state index contributed by atoms with van der Waals surface area (Å²) >= 11 is 0. The van der Waals surface area contributed by atoms with Gasteiger partial charge in [0.05, 0.1) is 0 Å². The fourth-order valence-electron chi connectivity index (χ4n) is 1.50. The van der Waals surface area contributed by atoms with E-state index in [0.29, 0.717) is 6.61 Å². The van der Waals surface area contributed by atoms with Gasteiger partial charge in [0.1, 0.15) is 12.4 Å². The summed E-state index contributed by atoms with van der Waals surface area (Å²) < 4.78 is 5.60. The Morgan fingerprint density at radius 3 is 3.00 bits per heavy atom. The highest BCUT2D eigenvalue weighted by atomic mass is 16.5. The van der Waals surface area contributed by atoms with Gasteiger partial charge in [0.25, 0.3) is 0 Å². The van der Waals surface area contributed by atoms with Crippen LogP contribution in [0.1, 0.15) is 25.3 Å². The molecular formula is C14H19NO. The molecule has 0 amide bonds. The Bertz CT molecular complexity index is 369. The van der Waals surface area contributed by atoms with E-state index in [1.54, 1.807) is 0 Å². The highest BCUT2D eigenvalue weighted by molar-refractivity contribution is 5.28. The zero-order valence-corrected chi connectivity index (χ0v) is 9.83. The normalized spacial score (nSPS) is 14.8. The molecule has 2 heteroatoms. The number of hydrogen-bond acceptors (Lipinski definition) is 2. The minimum Gasteiger partial charge on any atom is -0.489 e. The van der Waals surface area contributed by atoms with Gasteiger partial charge in [-0.05, 0) is 43.0 Å². The summed E-state index contributed by atoms with van der Waals surface area (Å²) in [7, 11) is 0. The SMILES string of the molecule is C=C(C)COc1cccc(CNC2CC2)c1. The smallest absolute Gasteiger partial charge is 0.120 e. The van der Waals surface area contributed by atoms with Crippen molar-refractivity contribution < 1.29 is 4.74 Å². The minimum absolute atomic E-state index is 0.597. The largest absolute Gasteiger partial charge is 0.489 e. The number of hydrogen-bond donors (Lipinski definition) is 1. The minimum atomic E-state index is 0.597. The van der Waals surface area contributed by atoms with Gasteiger partial charge in [-0.15, -0.1) is 0 Å². The lowest BCUT2D eigenvalue weighted by Crippen LogP contribution is -2.15. The molecule has 0 heterocycles. The van der Waals surface area contributed by atoms with Crippen LogP contribution < -0.4 is 10.1 Å². The van der Waals surface area contributed by atoms with Crippen LogP contribution in [0.4, 0.5) is 0 Å². The van der Waals surface area contributed by atoms with Crippen LogP contribution in [0.5, 0.6) is 5.75 Å². The molecule has 1 N–H and O–H groups in total. The molecular weight excluding hydrogens is 198 g/mol. The molecule has 1 aliphatic carbocycles. The molecule has 0 aromatic heterocycles. The monoisotopic (exact) mass is 217 g/mol. The molecule has 0 unspecified atom stereocenters. The molecule has 0 bridgehead atoms. The molecule has 1 aromatic rings. The Kier molecular flexibility index (Phi) is 3.62. The quantitative estimate of drug-likeness (QED) is 0.740. The van der Waals surface area contributed by atoms with E-state index >= 15 is 0 Å². The van der Waals surface area contributed by atoms with E-state index in [1.807, 2.05) is 19.1 Å². The maximum absolute atomic E-state index is 5.60. The van der Waals surface area contributed by atoms with Gasteiger partial charge in [-0.1, -0.05) is 18.7 Å². The van der Waals surface area contributed by atoms with E-state index in [9.17, 15) is 0 Å². The van der Waals surface area contributed by atoms with Crippen LogP contribution in [0, 0.1) is 0 Å². The van der Waals surface area contributed by atoms with Gasteiger partial charge in [-0.2, -0.15) is 0 Å². The van der Waals surface area contributed by atoms with Gasteiger partial charge in [0.15, 0.2) is 0 Å². The molecule has 0 saturated heterocycles. The summed E-state index contributed by atoms with van der Waals surface area (Å²) in [6, 6.07) is 9.00. The molecule has 1 saturated carbocycles. The van der Waals surface area contributed by atoms with Gasteiger partial charge in [-0.25, -0.2) is 0 Å². The van der Waals surface area contributed by atoms with Crippen molar-refractivity contribution in [3.63, 3.8) is 0 Å². The maximum atomic E-state index is 5.60. The summed E-state index contributed by atoms with van der Waals surface area (Å²) in [5.41, 5.74) is 2.33. The van der Waals surface area contributed by atoms with E-state index in [4.69, 9.17) is 4.74 Å². The van der Waals surface area contributed by atoms with Crippen LogP contribution >= 0.6 is 0 Å². The number of benzene rings is 1. The molecule has 16 heavy (non-hydrogen) atoms. The first-order valence-electron chi connectivity index (χ1n) is 5.83. The predicted molar refractivity (Wildman–Crippen MR) is 66.6 cm³/mol. The molecule has 0 aliphatic heterocycles. The van der Waals surface area contributed by atoms with Crippen LogP contribution in [0.15, 0.2) is 36.4 Å². The van der Waals surface area contributed by atoms with E-state index in [2.05, 4.69) is 24.0 Å². The average Bonchev–Trinajstić information content (AvgIpc) is 3.08. The second-order valence-electron chi connectivity index (χ2n) is 4.55. The van der Waals surface area contributed by atoms with Crippen molar-refractivity contribution in [1.82, 2.24) is 5.32 Å². The Morgan fingerprint density at radius 2 is 2.31 bits per heavy atom. The number of nitrogens with one attached hydrogen (secondary N) is 1. The second kappa shape index (κ2) is 5.17. The van der Waals surface area contributed by atoms with Crippen molar-refractivity contribution in [2.45, 2.75) is 32.4 Å². The Balaban J connectivity index is 1.87. The van der Waals surface area contributed by atoms with E-state index in [0.717, 1.165) is 23.9 Å². The van der Waals surface area contributed by atoms with Crippen molar-refractivity contribution in [2.75, 3.05) is 6.61 Å². The molecule has 86 valence electrons. The van der Waals surface area contributed by atoms with E-state index < -0.39 is 0 Å². The third-order valence-corrected chi connectivity index (χ3v) is 2.56. The Morgan fingerprint density at radius 1 is 1.50 bits per heavy atom. The molecule has 0 atom stereocenters. The Hall–Kier alpha value is -1.28. The van der Waals surface area contributed by atoms with Crippen molar-refractivity contribution in [3.05, 3.63) is 42.0 Å². The van der Waals surface area contributed by atoms with Crippen LogP contribution in [-0.4, -0.2) is 12.6 Å². The lowest BCUT2D eigenvalue weighted by atomic mass is 10.2. The first kappa shape index (κ1) is 11.2. The topological polar surface area (TPSA) is 21.3 Å². The lowest BCUT2D eigenvalue weighted by molar-refractivity contribution is 0.352. The molecule has 2 nitrogen and oxygen atoms in total. The van der Waals surface area contributed by atoms with Gasteiger partial charge in [-0.3, -0.25) is 0 Å². The number of ether oxygens (including phenoxy) is 1. The first-order chi connectivity index (χ1) is 7.74. The van der Waals surface area contributed by atoms with Gasteiger partial charge in [0.2, 0.25) is 0 Å². The zero-order valence-electron chi connectivity index (χ0n) is 9.83. The summed E-state index contributed by atoms with van der Waals surface area (Å²) in [5.74, 6) is 0.929. The molecule has 0 spiro atoms. The fraction of sp³-hybridized carbons (Fsp3) is 0.429. The second-order valence-corrected chi connectivity index (χ2v) is 4.55. The van der Waals surface area contributed by atoms with Gasteiger partial charge < -0.3 is 10.1 Å². The molecule has 0 radical (unpaired) electrons. The highest BCUT2D eigenvalue weighted by Crippen LogP contribution is 2.20. The molecule has 1 fully saturated rings. The average molecular weight is 217 g/mol. The maximum Gasteiger partial charge on any atom is 0.120 e. The summed E-state index contributed by atoms with van der Waals surface area (Å²) in [6.45, 7) is 7.33. The summed E-state index contributed by atoms with van der Waals surface area (Å²) in [6.07, 6.45) is 2.65. The molecule has 2 rings (SSSR count). The van der Waals surface area contributed by atoms with Crippen LogP contribution in [-0.2, 0) is 6.54 Å². The lowest BCUT2D eigenvalue weighted by Gasteiger charge is -2.08. The summed E-state index contributed by atoms with van der Waals surface area (Å²) in [4.78, 5) is 0. The van der Waals surface area contributed by atoms with Gasteiger partial charge >= 0.3 is 0 Å². The van der Waals surface area contributed by atoms with E-state index in [1.165, 1.54) is 18.4 Å². The first-order valence-corrected chi connectivity index (χ1v) is 5.83. The summed E-state index contributed by atoms with van der Waals surface area (Å²) in [5, 5.41) is 3.49. The van der Waals surface area contributed by atoms with Crippen molar-refractivity contribution in [1.29, 1.82) is 0 Å².